The van der Waals surface area contributed by atoms with Gasteiger partial charge in [-0.05, 0) is 53.8 Å². The van der Waals surface area contributed by atoms with Crippen molar-refractivity contribution in [3.8, 4) is 12.3 Å². The SMILES string of the molecule is C#CCCC(NC)c1ccc(I)cc1. The first-order chi connectivity index (χ1) is 6.77. The van der Waals surface area contributed by atoms with Crippen molar-refractivity contribution in [2.45, 2.75) is 18.9 Å². The Labute approximate surface area is 99.4 Å². The molecule has 0 heterocycles. The van der Waals surface area contributed by atoms with Gasteiger partial charge in [0.2, 0.25) is 0 Å². The molecule has 1 unspecified atom stereocenters. The number of nitrogens with one attached hydrogen (secondary N) is 1. The van der Waals surface area contributed by atoms with Crippen LogP contribution in [0.1, 0.15) is 24.4 Å². The van der Waals surface area contributed by atoms with Gasteiger partial charge < -0.3 is 5.32 Å². The molecule has 0 saturated heterocycles. The molecular formula is C12H14IN. The summed E-state index contributed by atoms with van der Waals surface area (Å²) in [5, 5.41) is 3.27. The van der Waals surface area contributed by atoms with Crippen molar-refractivity contribution in [1.82, 2.24) is 5.32 Å². The second-order valence-electron chi connectivity index (χ2n) is 3.14. The second-order valence-corrected chi connectivity index (χ2v) is 4.38. The van der Waals surface area contributed by atoms with Crippen LogP contribution in [0.2, 0.25) is 0 Å². The van der Waals surface area contributed by atoms with Crippen LogP contribution in [0.15, 0.2) is 24.3 Å². The zero-order chi connectivity index (χ0) is 10.4. The summed E-state index contributed by atoms with van der Waals surface area (Å²) in [6.45, 7) is 0. The van der Waals surface area contributed by atoms with Crippen LogP contribution in [0.3, 0.4) is 0 Å². The average molecular weight is 299 g/mol. The highest BCUT2D eigenvalue weighted by molar-refractivity contribution is 14.1. The Hall–Kier alpha value is -0.530. The van der Waals surface area contributed by atoms with Crippen molar-refractivity contribution in [3.05, 3.63) is 33.4 Å². The highest BCUT2D eigenvalue weighted by Gasteiger charge is 2.07. The second kappa shape index (κ2) is 6.05. The molecular weight excluding hydrogens is 285 g/mol. The van der Waals surface area contributed by atoms with E-state index in [-0.39, 0.29) is 0 Å². The van der Waals surface area contributed by atoms with Crippen LogP contribution in [0.5, 0.6) is 0 Å². The van der Waals surface area contributed by atoms with Crippen molar-refractivity contribution in [2.75, 3.05) is 7.05 Å². The third-order valence-corrected chi connectivity index (χ3v) is 2.92. The molecule has 1 N–H and O–H groups in total. The zero-order valence-corrected chi connectivity index (χ0v) is 10.4. The molecule has 0 aromatic heterocycles. The fourth-order valence-corrected chi connectivity index (χ4v) is 1.76. The van der Waals surface area contributed by atoms with Gasteiger partial charge in [0.05, 0.1) is 0 Å². The first-order valence-electron chi connectivity index (χ1n) is 4.64. The van der Waals surface area contributed by atoms with Crippen molar-refractivity contribution >= 4 is 22.6 Å². The average Bonchev–Trinajstić information content (AvgIpc) is 2.21. The minimum absolute atomic E-state index is 0.378. The molecule has 1 atom stereocenters. The lowest BCUT2D eigenvalue weighted by atomic mass is 10.0. The first kappa shape index (κ1) is 11.5. The van der Waals surface area contributed by atoms with Gasteiger partial charge in [-0.2, -0.15) is 0 Å². The molecule has 0 amide bonds. The normalized spacial score (nSPS) is 12.1. The summed E-state index contributed by atoms with van der Waals surface area (Å²) in [5.74, 6) is 2.67. The lowest BCUT2D eigenvalue weighted by Gasteiger charge is -2.15. The quantitative estimate of drug-likeness (QED) is 0.666. The Morgan fingerprint density at radius 3 is 2.57 bits per heavy atom. The van der Waals surface area contributed by atoms with Gasteiger partial charge in [-0.1, -0.05) is 12.1 Å². The Kier molecular flexibility index (Phi) is 4.99. The van der Waals surface area contributed by atoms with Crippen molar-refractivity contribution in [1.29, 1.82) is 0 Å². The molecule has 0 aliphatic heterocycles. The van der Waals surface area contributed by atoms with E-state index in [1.54, 1.807) is 0 Å². The maximum Gasteiger partial charge on any atom is 0.0326 e. The zero-order valence-electron chi connectivity index (χ0n) is 8.26. The van der Waals surface area contributed by atoms with Gasteiger partial charge in [0.25, 0.3) is 0 Å². The van der Waals surface area contributed by atoms with E-state index in [1.165, 1.54) is 9.13 Å². The van der Waals surface area contributed by atoms with Gasteiger partial charge in [-0.25, -0.2) is 0 Å². The molecule has 0 bridgehead atoms. The Morgan fingerprint density at radius 2 is 2.07 bits per heavy atom. The Balaban J connectivity index is 2.69. The monoisotopic (exact) mass is 299 g/mol. The summed E-state index contributed by atoms with van der Waals surface area (Å²) in [7, 11) is 1.97. The van der Waals surface area contributed by atoms with Gasteiger partial charge in [-0.15, -0.1) is 12.3 Å². The van der Waals surface area contributed by atoms with Crippen molar-refractivity contribution in [3.63, 3.8) is 0 Å². The molecule has 2 heteroatoms. The molecule has 0 fully saturated rings. The molecule has 0 aliphatic rings. The van der Waals surface area contributed by atoms with Crippen LogP contribution in [0, 0.1) is 15.9 Å². The molecule has 0 radical (unpaired) electrons. The van der Waals surface area contributed by atoms with E-state index < -0.39 is 0 Å². The predicted octanol–water partition coefficient (Wildman–Crippen LogP) is 2.97. The molecule has 0 saturated carbocycles. The molecule has 74 valence electrons. The number of benzene rings is 1. The molecule has 1 aromatic rings. The highest BCUT2D eigenvalue weighted by atomic mass is 127. The summed E-state index contributed by atoms with van der Waals surface area (Å²) < 4.78 is 1.26. The molecule has 0 aliphatic carbocycles. The van der Waals surface area contributed by atoms with E-state index in [0.29, 0.717) is 6.04 Å². The summed E-state index contributed by atoms with van der Waals surface area (Å²) in [6, 6.07) is 8.92. The maximum absolute atomic E-state index is 5.25. The minimum atomic E-state index is 0.378. The van der Waals surface area contributed by atoms with Crippen molar-refractivity contribution < 1.29 is 0 Å². The Bertz CT molecular complexity index is 310. The predicted molar refractivity (Wildman–Crippen MR) is 69.0 cm³/mol. The summed E-state index contributed by atoms with van der Waals surface area (Å²) >= 11 is 2.31. The van der Waals surface area contributed by atoms with E-state index in [9.17, 15) is 0 Å². The number of hydrogen-bond donors (Lipinski definition) is 1. The summed E-state index contributed by atoms with van der Waals surface area (Å²) in [5.41, 5.74) is 1.31. The van der Waals surface area contributed by atoms with Gasteiger partial charge >= 0.3 is 0 Å². The van der Waals surface area contributed by atoms with Crippen LogP contribution >= 0.6 is 22.6 Å². The van der Waals surface area contributed by atoms with Crippen LogP contribution in [-0.4, -0.2) is 7.05 Å². The lowest BCUT2D eigenvalue weighted by Crippen LogP contribution is -2.15. The van der Waals surface area contributed by atoms with Gasteiger partial charge in [0.15, 0.2) is 0 Å². The van der Waals surface area contributed by atoms with Crippen LogP contribution in [-0.2, 0) is 0 Å². The van der Waals surface area contributed by atoms with Gasteiger partial charge in [0.1, 0.15) is 0 Å². The van der Waals surface area contributed by atoms with E-state index in [1.807, 2.05) is 7.05 Å². The third-order valence-electron chi connectivity index (χ3n) is 2.20. The minimum Gasteiger partial charge on any atom is -0.313 e. The van der Waals surface area contributed by atoms with Crippen LogP contribution in [0.25, 0.3) is 0 Å². The topological polar surface area (TPSA) is 12.0 Å². The third kappa shape index (κ3) is 3.32. The largest absolute Gasteiger partial charge is 0.313 e. The van der Waals surface area contributed by atoms with Gasteiger partial charge in [-0.3, -0.25) is 0 Å². The summed E-state index contributed by atoms with van der Waals surface area (Å²) in [6.07, 6.45) is 7.07. The van der Waals surface area contributed by atoms with Crippen molar-refractivity contribution in [2.24, 2.45) is 0 Å². The van der Waals surface area contributed by atoms with E-state index >= 15 is 0 Å². The molecule has 0 spiro atoms. The number of rotatable bonds is 4. The van der Waals surface area contributed by atoms with E-state index in [0.717, 1.165) is 12.8 Å². The number of halogens is 1. The highest BCUT2D eigenvalue weighted by Crippen LogP contribution is 2.18. The number of hydrogen-bond acceptors (Lipinski definition) is 1. The molecule has 1 aromatic carbocycles. The van der Waals surface area contributed by atoms with E-state index in [2.05, 4.69) is 58.1 Å². The molecule has 1 nitrogen and oxygen atoms in total. The fourth-order valence-electron chi connectivity index (χ4n) is 1.40. The molecule has 1 rings (SSSR count). The first-order valence-corrected chi connectivity index (χ1v) is 5.72. The van der Waals surface area contributed by atoms with Crippen LogP contribution in [0.4, 0.5) is 0 Å². The van der Waals surface area contributed by atoms with Crippen LogP contribution < -0.4 is 5.32 Å². The van der Waals surface area contributed by atoms with Gasteiger partial charge in [0, 0.05) is 16.0 Å². The fraction of sp³-hybridized carbons (Fsp3) is 0.333. The smallest absolute Gasteiger partial charge is 0.0326 e. The Morgan fingerprint density at radius 1 is 1.43 bits per heavy atom. The van der Waals surface area contributed by atoms with E-state index in [4.69, 9.17) is 6.42 Å². The number of terminal acetylenes is 1. The maximum atomic E-state index is 5.25. The standard InChI is InChI=1S/C12H14IN/c1-3-4-5-12(14-2)10-6-8-11(13)9-7-10/h1,6-9,12,14H,4-5H2,2H3. The summed E-state index contributed by atoms with van der Waals surface area (Å²) in [4.78, 5) is 0. The lowest BCUT2D eigenvalue weighted by molar-refractivity contribution is 0.558. The molecule has 14 heavy (non-hydrogen) atoms.